The molecule has 0 spiro atoms. The first-order valence-electron chi connectivity index (χ1n) is 5.15. The topological polar surface area (TPSA) is 9.23 Å². The Morgan fingerprint density at radius 2 is 1.50 bits per heavy atom. The number of aryl methyl sites for hydroxylation is 1. The van der Waals surface area contributed by atoms with Crippen molar-refractivity contribution in [3.05, 3.63) is 23.8 Å². The van der Waals surface area contributed by atoms with Crippen molar-refractivity contribution >= 4 is 27.0 Å². The molecule has 1 aliphatic heterocycles. The molecule has 1 aromatic carbocycles. The van der Waals surface area contributed by atoms with Gasteiger partial charge in [-0.2, -0.15) is 0 Å². The highest BCUT2D eigenvalue weighted by Gasteiger charge is 2.45. The van der Waals surface area contributed by atoms with Crippen LogP contribution in [0.25, 0.3) is 0 Å². The van der Waals surface area contributed by atoms with Crippen LogP contribution in [0.4, 0.5) is 0 Å². The molecule has 0 atom stereocenters. The van der Waals surface area contributed by atoms with E-state index in [0.717, 1.165) is 0 Å². The second kappa shape index (κ2) is 2.81. The molecule has 0 saturated carbocycles. The first kappa shape index (κ1) is 10.1. The second-order valence-electron chi connectivity index (χ2n) is 5.17. The van der Waals surface area contributed by atoms with E-state index in [2.05, 4.69) is 51.3 Å². The van der Waals surface area contributed by atoms with Crippen molar-refractivity contribution in [3.63, 3.8) is 0 Å². The monoisotopic (exact) mass is 222 g/mol. The molecule has 1 heterocycles. The highest BCUT2D eigenvalue weighted by molar-refractivity contribution is 7.05. The van der Waals surface area contributed by atoms with Crippen LogP contribution >= 0.6 is 0 Å². The van der Waals surface area contributed by atoms with Gasteiger partial charge in [0.2, 0.25) is 16.6 Å². The van der Waals surface area contributed by atoms with Gasteiger partial charge < -0.3 is 4.12 Å². The third kappa shape index (κ3) is 1.40. The van der Waals surface area contributed by atoms with Gasteiger partial charge in [-0.25, -0.2) is 0 Å². The molecule has 1 aliphatic rings. The number of fused-ring (bicyclic) bond motifs is 1. The van der Waals surface area contributed by atoms with Crippen LogP contribution in [-0.4, -0.2) is 16.6 Å². The van der Waals surface area contributed by atoms with E-state index in [1.165, 1.54) is 15.9 Å². The molecule has 0 N–H and O–H groups in total. The minimum absolute atomic E-state index is 1.36. The molecule has 0 unspecified atom stereocenters. The van der Waals surface area contributed by atoms with Gasteiger partial charge in [-0.3, -0.25) is 0 Å². The van der Waals surface area contributed by atoms with Crippen LogP contribution in [0.3, 0.4) is 0 Å². The van der Waals surface area contributed by atoms with Crippen molar-refractivity contribution in [3.8, 4) is 0 Å². The van der Waals surface area contributed by atoms with Crippen LogP contribution in [0.15, 0.2) is 18.2 Å². The Hall–Kier alpha value is -0.386. The van der Waals surface area contributed by atoms with Gasteiger partial charge in [0.1, 0.15) is 0 Å². The molecular formula is C11H18OSi2. The standard InChI is InChI=1S/C11H18OSi2/c1-9-6-7-10-11(8-9)14(4,5)12-13(10,2)3/h6-8H,1-5H3. The summed E-state index contributed by atoms with van der Waals surface area (Å²) in [6.45, 7) is 11.4. The summed E-state index contributed by atoms with van der Waals surface area (Å²) in [4.78, 5) is 0. The smallest absolute Gasteiger partial charge is 0.206 e. The highest BCUT2D eigenvalue weighted by Crippen LogP contribution is 2.21. The van der Waals surface area contributed by atoms with Crippen LogP contribution in [-0.2, 0) is 4.12 Å². The Morgan fingerprint density at radius 1 is 0.929 bits per heavy atom. The van der Waals surface area contributed by atoms with Gasteiger partial charge in [0.15, 0.2) is 0 Å². The van der Waals surface area contributed by atoms with E-state index in [4.69, 9.17) is 4.12 Å². The van der Waals surface area contributed by atoms with Crippen molar-refractivity contribution in [1.82, 2.24) is 0 Å². The van der Waals surface area contributed by atoms with Gasteiger partial charge in [-0.15, -0.1) is 0 Å². The normalized spacial score (nSPS) is 22.1. The fraction of sp³-hybridized carbons (Fsp3) is 0.455. The summed E-state index contributed by atoms with van der Waals surface area (Å²) < 4.78 is 6.34. The van der Waals surface area contributed by atoms with Crippen LogP contribution in [0.5, 0.6) is 0 Å². The van der Waals surface area contributed by atoms with Crippen molar-refractivity contribution in [2.24, 2.45) is 0 Å². The summed E-state index contributed by atoms with van der Waals surface area (Å²) in [6, 6.07) is 6.84. The molecule has 0 aliphatic carbocycles. The van der Waals surface area contributed by atoms with Gasteiger partial charge in [-0.05, 0) is 43.5 Å². The Morgan fingerprint density at radius 3 is 2.14 bits per heavy atom. The average Bonchev–Trinajstić information content (AvgIpc) is 2.17. The predicted molar refractivity (Wildman–Crippen MR) is 66.5 cm³/mol. The summed E-state index contributed by atoms with van der Waals surface area (Å²) in [5.41, 5.74) is 1.36. The van der Waals surface area contributed by atoms with E-state index in [9.17, 15) is 0 Å². The maximum atomic E-state index is 6.34. The lowest BCUT2D eigenvalue weighted by Gasteiger charge is -2.22. The summed E-state index contributed by atoms with van der Waals surface area (Å²) in [7, 11) is -3.12. The zero-order chi connectivity index (χ0) is 10.6. The third-order valence-corrected chi connectivity index (χ3v) is 10.8. The predicted octanol–water partition coefficient (Wildman–Crippen LogP) is 1.85. The summed E-state index contributed by atoms with van der Waals surface area (Å²) in [6.07, 6.45) is 0. The second-order valence-corrected chi connectivity index (χ2v) is 13.1. The van der Waals surface area contributed by atoms with E-state index in [1.54, 1.807) is 0 Å². The van der Waals surface area contributed by atoms with Gasteiger partial charge in [0, 0.05) is 0 Å². The van der Waals surface area contributed by atoms with Gasteiger partial charge in [-0.1, -0.05) is 23.8 Å². The van der Waals surface area contributed by atoms with E-state index < -0.39 is 16.6 Å². The molecule has 14 heavy (non-hydrogen) atoms. The molecule has 0 aromatic heterocycles. The minimum Gasteiger partial charge on any atom is -0.449 e. The highest BCUT2D eigenvalue weighted by atomic mass is 28.4. The zero-order valence-electron chi connectivity index (χ0n) is 9.64. The Kier molecular flexibility index (Phi) is 2.03. The van der Waals surface area contributed by atoms with E-state index in [1.807, 2.05) is 0 Å². The van der Waals surface area contributed by atoms with Gasteiger partial charge >= 0.3 is 0 Å². The van der Waals surface area contributed by atoms with E-state index >= 15 is 0 Å². The van der Waals surface area contributed by atoms with E-state index in [0.29, 0.717) is 0 Å². The maximum Gasteiger partial charge on any atom is 0.206 e. The minimum atomic E-state index is -1.57. The lowest BCUT2D eigenvalue weighted by atomic mass is 10.2. The van der Waals surface area contributed by atoms with E-state index in [-0.39, 0.29) is 0 Å². The van der Waals surface area contributed by atoms with Crippen molar-refractivity contribution in [2.75, 3.05) is 0 Å². The van der Waals surface area contributed by atoms with Crippen LogP contribution in [0.2, 0.25) is 26.2 Å². The molecule has 0 saturated heterocycles. The fourth-order valence-electron chi connectivity index (χ4n) is 2.43. The van der Waals surface area contributed by atoms with Gasteiger partial charge in [0.05, 0.1) is 0 Å². The van der Waals surface area contributed by atoms with Crippen LogP contribution < -0.4 is 10.4 Å². The summed E-state index contributed by atoms with van der Waals surface area (Å²) in [5, 5.41) is 3.06. The average molecular weight is 222 g/mol. The number of benzene rings is 1. The summed E-state index contributed by atoms with van der Waals surface area (Å²) >= 11 is 0. The number of rotatable bonds is 0. The molecule has 0 fully saturated rings. The van der Waals surface area contributed by atoms with Gasteiger partial charge in [0.25, 0.3) is 0 Å². The molecule has 3 heteroatoms. The molecule has 0 amide bonds. The molecule has 2 rings (SSSR count). The molecule has 0 radical (unpaired) electrons. The summed E-state index contributed by atoms with van der Waals surface area (Å²) in [5.74, 6) is 0. The lowest BCUT2D eigenvalue weighted by molar-refractivity contribution is 0.583. The number of hydrogen-bond acceptors (Lipinski definition) is 1. The Labute approximate surface area is 88.4 Å². The van der Waals surface area contributed by atoms with Crippen molar-refractivity contribution < 1.29 is 4.12 Å². The fourth-order valence-corrected chi connectivity index (χ4v) is 12.7. The van der Waals surface area contributed by atoms with Crippen molar-refractivity contribution in [2.45, 2.75) is 33.1 Å². The number of hydrogen-bond donors (Lipinski definition) is 0. The molecule has 0 bridgehead atoms. The first-order valence-corrected chi connectivity index (χ1v) is 11.0. The largest absolute Gasteiger partial charge is 0.449 e. The quantitative estimate of drug-likeness (QED) is 0.609. The third-order valence-electron chi connectivity index (χ3n) is 2.98. The Balaban J connectivity index is 2.66. The van der Waals surface area contributed by atoms with Crippen LogP contribution in [0.1, 0.15) is 5.56 Å². The molecule has 1 aromatic rings. The maximum absolute atomic E-state index is 6.34. The van der Waals surface area contributed by atoms with Crippen LogP contribution in [0, 0.1) is 6.92 Å². The Bertz CT molecular complexity index is 383. The van der Waals surface area contributed by atoms with Crippen molar-refractivity contribution in [1.29, 1.82) is 0 Å². The SMILES string of the molecule is Cc1ccc2c(c1)[Si](C)(C)O[Si]2(C)C. The first-order chi connectivity index (χ1) is 6.33. The molecule has 1 nitrogen and oxygen atoms in total. The molecular weight excluding hydrogens is 204 g/mol. The molecule has 76 valence electrons. The zero-order valence-corrected chi connectivity index (χ0v) is 11.6. The lowest BCUT2D eigenvalue weighted by Crippen LogP contribution is -2.44.